The first-order valence-corrected chi connectivity index (χ1v) is 6.02. The summed E-state index contributed by atoms with van der Waals surface area (Å²) in [6.45, 7) is 1.85. The summed E-state index contributed by atoms with van der Waals surface area (Å²) < 4.78 is 5.38. The van der Waals surface area contributed by atoms with Gasteiger partial charge in [0, 0.05) is 23.7 Å². The second kappa shape index (κ2) is 5.46. The Morgan fingerprint density at radius 2 is 2.18 bits per heavy atom. The van der Waals surface area contributed by atoms with Gasteiger partial charge in [0.1, 0.15) is 0 Å². The van der Waals surface area contributed by atoms with E-state index in [-0.39, 0.29) is 5.41 Å². The monoisotopic (exact) mass is 251 g/mol. The molecule has 0 spiro atoms. The fraction of sp³-hybridized carbons (Fsp3) is 0.462. The number of hydrogen-bond acceptors (Lipinski definition) is 3. The molecule has 0 unspecified atom stereocenters. The topological polar surface area (TPSA) is 38.7 Å². The van der Waals surface area contributed by atoms with Gasteiger partial charge in [-0.1, -0.05) is 23.7 Å². The molecule has 1 aliphatic heterocycles. The third-order valence-corrected chi connectivity index (χ3v) is 3.57. The van der Waals surface area contributed by atoms with Crippen molar-refractivity contribution >= 4 is 17.7 Å². The molecule has 1 aliphatic rings. The summed E-state index contributed by atoms with van der Waals surface area (Å²) in [7, 11) is 0. The van der Waals surface area contributed by atoms with E-state index in [4.69, 9.17) is 16.3 Å². The standard InChI is InChI=1S/C13H14ClNO2/c14-12-3-1-2-11(8-12)13(9-15-10-16)4-6-17-7-5-13/h1-3,8H,4-7,9H2. The number of carbonyl (C=O) groups excluding carboxylic acids is 1. The average molecular weight is 252 g/mol. The summed E-state index contributed by atoms with van der Waals surface area (Å²) in [5.74, 6) is 0. The van der Waals surface area contributed by atoms with E-state index in [0.717, 1.165) is 18.4 Å². The number of aliphatic imine (C=N–C) groups is 1. The van der Waals surface area contributed by atoms with Crippen LogP contribution in [0.5, 0.6) is 0 Å². The van der Waals surface area contributed by atoms with Crippen LogP contribution in [0.4, 0.5) is 0 Å². The largest absolute Gasteiger partial charge is 0.381 e. The SMILES string of the molecule is O=C=NCC1(c2cccc(Cl)c2)CCOCC1. The van der Waals surface area contributed by atoms with Crippen LogP contribution in [0.25, 0.3) is 0 Å². The molecule has 1 heterocycles. The van der Waals surface area contributed by atoms with Crippen LogP contribution in [0.2, 0.25) is 5.02 Å². The number of ether oxygens (including phenoxy) is 1. The van der Waals surface area contributed by atoms with E-state index in [0.29, 0.717) is 24.8 Å². The van der Waals surface area contributed by atoms with Crippen molar-refractivity contribution in [3.63, 3.8) is 0 Å². The molecular weight excluding hydrogens is 238 g/mol. The third-order valence-electron chi connectivity index (χ3n) is 3.33. The summed E-state index contributed by atoms with van der Waals surface area (Å²) in [5, 5.41) is 0.712. The minimum atomic E-state index is -0.124. The number of rotatable bonds is 3. The number of halogens is 1. The second-order valence-corrected chi connectivity index (χ2v) is 4.75. The van der Waals surface area contributed by atoms with Gasteiger partial charge >= 0.3 is 0 Å². The zero-order valence-corrected chi connectivity index (χ0v) is 10.2. The van der Waals surface area contributed by atoms with Crippen LogP contribution in [0.15, 0.2) is 29.3 Å². The van der Waals surface area contributed by atoms with Gasteiger partial charge in [-0.3, -0.25) is 0 Å². The molecule has 0 aromatic heterocycles. The number of nitrogens with zero attached hydrogens (tertiary/aromatic N) is 1. The predicted octanol–water partition coefficient (Wildman–Crippen LogP) is 2.72. The van der Waals surface area contributed by atoms with Crippen molar-refractivity contribution in [1.29, 1.82) is 0 Å². The maximum Gasteiger partial charge on any atom is 0.234 e. The van der Waals surface area contributed by atoms with Crippen molar-refractivity contribution in [2.75, 3.05) is 19.8 Å². The van der Waals surface area contributed by atoms with Crippen LogP contribution < -0.4 is 0 Å². The van der Waals surface area contributed by atoms with E-state index in [1.54, 1.807) is 6.08 Å². The third kappa shape index (κ3) is 2.75. The fourth-order valence-electron chi connectivity index (χ4n) is 2.30. The lowest BCUT2D eigenvalue weighted by molar-refractivity contribution is 0.0531. The highest BCUT2D eigenvalue weighted by molar-refractivity contribution is 6.30. The molecule has 3 nitrogen and oxygen atoms in total. The zero-order chi connectivity index (χ0) is 12.1. The molecule has 1 fully saturated rings. The minimum absolute atomic E-state index is 0.124. The van der Waals surface area contributed by atoms with Gasteiger partial charge in [0.05, 0.1) is 6.54 Å². The first-order valence-electron chi connectivity index (χ1n) is 5.64. The van der Waals surface area contributed by atoms with Crippen molar-refractivity contribution in [2.24, 2.45) is 4.99 Å². The van der Waals surface area contributed by atoms with E-state index in [2.05, 4.69) is 4.99 Å². The van der Waals surface area contributed by atoms with Gasteiger partial charge in [-0.05, 0) is 30.5 Å². The Hall–Kier alpha value is -1.15. The van der Waals surface area contributed by atoms with E-state index < -0.39 is 0 Å². The lowest BCUT2D eigenvalue weighted by atomic mass is 9.74. The Kier molecular flexibility index (Phi) is 3.95. The van der Waals surface area contributed by atoms with Crippen molar-refractivity contribution in [2.45, 2.75) is 18.3 Å². The molecule has 1 saturated heterocycles. The number of benzene rings is 1. The maximum absolute atomic E-state index is 10.3. The molecule has 4 heteroatoms. The summed E-state index contributed by atoms with van der Waals surface area (Å²) in [6, 6.07) is 7.77. The molecule has 1 aromatic rings. The Balaban J connectivity index is 2.34. The highest BCUT2D eigenvalue weighted by Gasteiger charge is 2.34. The highest BCUT2D eigenvalue weighted by atomic mass is 35.5. The Bertz CT molecular complexity index is 435. The molecule has 17 heavy (non-hydrogen) atoms. The molecule has 2 rings (SSSR count). The van der Waals surface area contributed by atoms with Gasteiger partial charge < -0.3 is 4.74 Å². The van der Waals surface area contributed by atoms with Crippen LogP contribution in [0.1, 0.15) is 18.4 Å². The van der Waals surface area contributed by atoms with E-state index >= 15 is 0 Å². The first kappa shape index (κ1) is 12.3. The minimum Gasteiger partial charge on any atom is -0.381 e. The summed E-state index contributed by atoms with van der Waals surface area (Å²) >= 11 is 6.02. The molecule has 0 N–H and O–H groups in total. The molecule has 0 saturated carbocycles. The quantitative estimate of drug-likeness (QED) is 0.612. The molecule has 0 aliphatic carbocycles. The van der Waals surface area contributed by atoms with Gasteiger partial charge in [-0.25, -0.2) is 9.79 Å². The zero-order valence-electron chi connectivity index (χ0n) is 9.49. The molecule has 0 bridgehead atoms. The normalized spacial score (nSPS) is 18.4. The van der Waals surface area contributed by atoms with Gasteiger partial charge in [0.25, 0.3) is 0 Å². The van der Waals surface area contributed by atoms with E-state index in [1.807, 2.05) is 24.3 Å². The fourth-order valence-corrected chi connectivity index (χ4v) is 2.49. The summed E-state index contributed by atoms with van der Waals surface area (Å²) in [5.41, 5.74) is 1.01. The highest BCUT2D eigenvalue weighted by Crippen LogP contribution is 2.36. The molecule has 1 aromatic carbocycles. The van der Waals surface area contributed by atoms with Crippen LogP contribution >= 0.6 is 11.6 Å². The van der Waals surface area contributed by atoms with Gasteiger partial charge in [0.2, 0.25) is 6.08 Å². The van der Waals surface area contributed by atoms with Gasteiger partial charge in [0.15, 0.2) is 0 Å². The van der Waals surface area contributed by atoms with Crippen LogP contribution in [0, 0.1) is 0 Å². The summed E-state index contributed by atoms with van der Waals surface area (Å²) in [4.78, 5) is 14.1. The first-order chi connectivity index (χ1) is 8.27. The van der Waals surface area contributed by atoms with Crippen molar-refractivity contribution in [1.82, 2.24) is 0 Å². The van der Waals surface area contributed by atoms with Crippen LogP contribution in [-0.4, -0.2) is 25.8 Å². The Morgan fingerprint density at radius 1 is 1.41 bits per heavy atom. The molecule has 0 atom stereocenters. The molecule has 0 amide bonds. The number of isocyanates is 1. The van der Waals surface area contributed by atoms with Crippen LogP contribution in [0.3, 0.4) is 0 Å². The summed E-state index contributed by atoms with van der Waals surface area (Å²) in [6.07, 6.45) is 3.34. The number of hydrogen-bond donors (Lipinski definition) is 0. The lowest BCUT2D eigenvalue weighted by Gasteiger charge is -2.36. The van der Waals surface area contributed by atoms with Gasteiger partial charge in [-0.2, -0.15) is 0 Å². The molecule has 90 valence electrons. The maximum atomic E-state index is 10.3. The molecule has 0 radical (unpaired) electrons. The van der Waals surface area contributed by atoms with Crippen molar-refractivity contribution in [3.05, 3.63) is 34.9 Å². The Labute approximate surface area is 105 Å². The van der Waals surface area contributed by atoms with Gasteiger partial charge in [-0.15, -0.1) is 0 Å². The average Bonchev–Trinajstić information content (AvgIpc) is 2.37. The second-order valence-electron chi connectivity index (χ2n) is 4.31. The Morgan fingerprint density at radius 3 is 2.82 bits per heavy atom. The van der Waals surface area contributed by atoms with Crippen LogP contribution in [-0.2, 0) is 14.9 Å². The molecular formula is C13H14ClNO2. The van der Waals surface area contributed by atoms with Crippen molar-refractivity contribution in [3.8, 4) is 0 Å². The van der Waals surface area contributed by atoms with E-state index in [1.165, 1.54) is 0 Å². The van der Waals surface area contributed by atoms with E-state index in [9.17, 15) is 4.79 Å². The smallest absolute Gasteiger partial charge is 0.234 e. The predicted molar refractivity (Wildman–Crippen MR) is 66.2 cm³/mol. The van der Waals surface area contributed by atoms with Crippen molar-refractivity contribution < 1.29 is 9.53 Å². The lowest BCUT2D eigenvalue weighted by Crippen LogP contribution is -2.36.